The molecule has 1 aromatic rings. The second-order valence-electron chi connectivity index (χ2n) is 4.55. The molecule has 0 radical (unpaired) electrons. The van der Waals surface area contributed by atoms with E-state index in [0.717, 1.165) is 0 Å². The van der Waals surface area contributed by atoms with Gasteiger partial charge in [0, 0.05) is 0 Å². The van der Waals surface area contributed by atoms with Gasteiger partial charge < -0.3 is 14.8 Å². The van der Waals surface area contributed by atoms with Crippen LogP contribution in [-0.4, -0.2) is 25.2 Å². The van der Waals surface area contributed by atoms with Crippen molar-refractivity contribution in [3.8, 4) is 5.75 Å². The molecule has 0 fully saturated rings. The molecule has 0 aliphatic carbocycles. The van der Waals surface area contributed by atoms with Crippen LogP contribution in [0.4, 0.5) is 4.79 Å². The number of amides is 1. The van der Waals surface area contributed by atoms with E-state index in [0.29, 0.717) is 12.2 Å². The molecule has 1 unspecified atom stereocenters. The minimum atomic E-state index is -0.693. The summed E-state index contributed by atoms with van der Waals surface area (Å²) in [4.78, 5) is 23.2. The van der Waals surface area contributed by atoms with Crippen LogP contribution in [0, 0.1) is 5.92 Å². The number of ether oxygens (including phenoxy) is 2. The van der Waals surface area contributed by atoms with Gasteiger partial charge in [-0.3, -0.25) is 0 Å². The normalized spacial score (nSPS) is 11.8. The van der Waals surface area contributed by atoms with Gasteiger partial charge in [0.2, 0.25) is 0 Å². The van der Waals surface area contributed by atoms with Crippen molar-refractivity contribution in [2.75, 3.05) is 7.11 Å². The van der Waals surface area contributed by atoms with E-state index in [1.807, 2.05) is 19.9 Å². The van der Waals surface area contributed by atoms with Crippen molar-refractivity contribution in [2.45, 2.75) is 26.3 Å². The van der Waals surface area contributed by atoms with Crippen LogP contribution in [0.15, 0.2) is 30.3 Å². The number of carbonyl (C=O) groups is 2. The second-order valence-corrected chi connectivity index (χ2v) is 4.55. The quantitative estimate of drug-likeness (QED) is 0.830. The minimum Gasteiger partial charge on any atom is -0.467 e. The van der Waals surface area contributed by atoms with Crippen molar-refractivity contribution >= 4 is 12.1 Å². The zero-order valence-corrected chi connectivity index (χ0v) is 11.4. The molecule has 1 atom stereocenters. The number of hydrogen-bond acceptors (Lipinski definition) is 4. The predicted molar refractivity (Wildman–Crippen MR) is 70.9 cm³/mol. The molecule has 0 bridgehead atoms. The molecule has 1 aromatic carbocycles. The fourth-order valence-electron chi connectivity index (χ4n) is 1.60. The SMILES string of the molecule is COC(=O)C(CC(C)C)NC(=O)Oc1ccccc1. The van der Waals surface area contributed by atoms with Crippen LogP contribution in [0.2, 0.25) is 0 Å². The topological polar surface area (TPSA) is 64.6 Å². The van der Waals surface area contributed by atoms with Gasteiger partial charge in [-0.1, -0.05) is 32.0 Å². The first-order valence-electron chi connectivity index (χ1n) is 6.14. The first-order valence-corrected chi connectivity index (χ1v) is 6.14. The van der Waals surface area contributed by atoms with Gasteiger partial charge in [-0.05, 0) is 24.5 Å². The Bertz CT molecular complexity index is 417. The van der Waals surface area contributed by atoms with E-state index in [2.05, 4.69) is 10.1 Å². The zero-order valence-electron chi connectivity index (χ0n) is 11.4. The van der Waals surface area contributed by atoms with Gasteiger partial charge in [0.1, 0.15) is 11.8 Å². The number of para-hydroxylation sites is 1. The van der Waals surface area contributed by atoms with Crippen molar-refractivity contribution < 1.29 is 19.1 Å². The highest BCUT2D eigenvalue weighted by Gasteiger charge is 2.23. The van der Waals surface area contributed by atoms with Crippen LogP contribution in [0.3, 0.4) is 0 Å². The Labute approximate surface area is 112 Å². The van der Waals surface area contributed by atoms with Crippen molar-refractivity contribution in [3.63, 3.8) is 0 Å². The third-order valence-electron chi connectivity index (χ3n) is 2.44. The Hall–Kier alpha value is -2.04. The Morgan fingerprint density at radius 2 is 1.84 bits per heavy atom. The lowest BCUT2D eigenvalue weighted by Gasteiger charge is -2.17. The lowest BCUT2D eigenvalue weighted by molar-refractivity contribution is -0.143. The van der Waals surface area contributed by atoms with E-state index in [-0.39, 0.29) is 5.92 Å². The number of esters is 1. The summed E-state index contributed by atoms with van der Waals surface area (Å²) in [5.74, 6) is 0.202. The van der Waals surface area contributed by atoms with E-state index >= 15 is 0 Å². The smallest absolute Gasteiger partial charge is 0.413 e. The third kappa shape index (κ3) is 5.42. The van der Waals surface area contributed by atoms with Crippen LogP contribution < -0.4 is 10.1 Å². The van der Waals surface area contributed by atoms with Gasteiger partial charge in [0.15, 0.2) is 0 Å². The Kier molecular flexibility index (Phi) is 5.85. The van der Waals surface area contributed by atoms with Crippen LogP contribution in [0.25, 0.3) is 0 Å². The van der Waals surface area contributed by atoms with Crippen LogP contribution in [0.1, 0.15) is 20.3 Å². The molecule has 0 aliphatic heterocycles. The minimum absolute atomic E-state index is 0.251. The summed E-state index contributed by atoms with van der Waals surface area (Å²) in [6.07, 6.45) is -0.168. The standard InChI is InChI=1S/C14H19NO4/c1-10(2)9-12(13(16)18-3)15-14(17)19-11-7-5-4-6-8-11/h4-8,10,12H,9H2,1-3H3,(H,15,17). The fraction of sp³-hybridized carbons (Fsp3) is 0.429. The molecule has 0 saturated heterocycles. The molecular weight excluding hydrogens is 246 g/mol. The van der Waals surface area contributed by atoms with Crippen molar-refractivity contribution in [1.29, 1.82) is 0 Å². The number of carbonyl (C=O) groups excluding carboxylic acids is 2. The van der Waals surface area contributed by atoms with Gasteiger partial charge in [-0.2, -0.15) is 0 Å². The van der Waals surface area contributed by atoms with E-state index < -0.39 is 18.1 Å². The summed E-state index contributed by atoms with van der Waals surface area (Å²) in [5, 5.41) is 2.51. The Morgan fingerprint density at radius 1 is 1.21 bits per heavy atom. The number of rotatable bonds is 5. The summed E-state index contributed by atoms with van der Waals surface area (Å²) in [5.41, 5.74) is 0. The number of hydrogen-bond donors (Lipinski definition) is 1. The molecule has 5 heteroatoms. The molecule has 19 heavy (non-hydrogen) atoms. The molecular formula is C14H19NO4. The Balaban J connectivity index is 2.58. The molecule has 0 aliphatic rings. The number of methoxy groups -OCH3 is 1. The zero-order chi connectivity index (χ0) is 14.3. The monoisotopic (exact) mass is 265 g/mol. The molecule has 5 nitrogen and oxygen atoms in total. The average molecular weight is 265 g/mol. The Morgan fingerprint density at radius 3 is 2.37 bits per heavy atom. The summed E-state index contributed by atoms with van der Waals surface area (Å²) in [6, 6.07) is 7.97. The van der Waals surface area contributed by atoms with Gasteiger partial charge in [0.05, 0.1) is 7.11 Å². The second kappa shape index (κ2) is 7.41. The number of nitrogens with one attached hydrogen (secondary N) is 1. The molecule has 104 valence electrons. The first kappa shape index (κ1) is 15.0. The number of benzene rings is 1. The predicted octanol–water partition coefficient (Wildman–Crippen LogP) is 2.36. The van der Waals surface area contributed by atoms with E-state index in [1.54, 1.807) is 24.3 Å². The molecule has 0 spiro atoms. The van der Waals surface area contributed by atoms with Gasteiger partial charge in [0.25, 0.3) is 0 Å². The molecule has 1 N–H and O–H groups in total. The lowest BCUT2D eigenvalue weighted by atomic mass is 10.0. The van der Waals surface area contributed by atoms with E-state index in [1.165, 1.54) is 7.11 Å². The van der Waals surface area contributed by atoms with Crippen LogP contribution in [-0.2, 0) is 9.53 Å². The molecule has 1 rings (SSSR count). The highest BCUT2D eigenvalue weighted by molar-refractivity contribution is 5.82. The molecule has 0 heterocycles. The highest BCUT2D eigenvalue weighted by Crippen LogP contribution is 2.10. The maximum atomic E-state index is 11.7. The van der Waals surface area contributed by atoms with Crippen LogP contribution >= 0.6 is 0 Å². The third-order valence-corrected chi connectivity index (χ3v) is 2.44. The van der Waals surface area contributed by atoms with Gasteiger partial charge >= 0.3 is 12.1 Å². The summed E-state index contributed by atoms with van der Waals surface area (Å²) in [6.45, 7) is 3.92. The van der Waals surface area contributed by atoms with Crippen LogP contribution in [0.5, 0.6) is 5.75 Å². The summed E-state index contributed by atoms with van der Waals surface area (Å²) >= 11 is 0. The van der Waals surface area contributed by atoms with Gasteiger partial charge in [-0.25, -0.2) is 9.59 Å². The lowest BCUT2D eigenvalue weighted by Crippen LogP contribution is -2.43. The van der Waals surface area contributed by atoms with Crippen molar-refractivity contribution in [3.05, 3.63) is 30.3 Å². The highest BCUT2D eigenvalue weighted by atomic mass is 16.6. The molecule has 0 saturated carbocycles. The molecule has 1 amide bonds. The van der Waals surface area contributed by atoms with E-state index in [4.69, 9.17) is 4.74 Å². The molecule has 0 aromatic heterocycles. The maximum Gasteiger partial charge on any atom is 0.413 e. The largest absolute Gasteiger partial charge is 0.467 e. The summed E-state index contributed by atoms with van der Waals surface area (Å²) in [7, 11) is 1.29. The van der Waals surface area contributed by atoms with E-state index in [9.17, 15) is 9.59 Å². The van der Waals surface area contributed by atoms with Crippen molar-refractivity contribution in [1.82, 2.24) is 5.32 Å². The maximum absolute atomic E-state index is 11.7. The average Bonchev–Trinajstić information content (AvgIpc) is 2.37. The van der Waals surface area contributed by atoms with Gasteiger partial charge in [-0.15, -0.1) is 0 Å². The first-order chi connectivity index (χ1) is 9.02. The van der Waals surface area contributed by atoms with Crippen molar-refractivity contribution in [2.24, 2.45) is 5.92 Å². The fourth-order valence-corrected chi connectivity index (χ4v) is 1.60. The summed E-state index contributed by atoms with van der Waals surface area (Å²) < 4.78 is 9.72.